The smallest absolute Gasteiger partial charge is 0.365 e. The maximum atomic E-state index is 11.6. The van der Waals surface area contributed by atoms with Crippen molar-refractivity contribution >= 4 is 34.7 Å². The Morgan fingerprint density at radius 3 is 2.61 bits per heavy atom. The molecular formula is C12H9ClN2O2S. The first-order valence-electron chi connectivity index (χ1n) is 5.01. The van der Waals surface area contributed by atoms with E-state index in [1.165, 1.54) is 11.3 Å². The van der Waals surface area contributed by atoms with Crippen LogP contribution in [0.2, 0.25) is 5.02 Å². The summed E-state index contributed by atoms with van der Waals surface area (Å²) in [6, 6.07) is 9.95. The number of carbonyl (C=O) groups excluding carboxylic acids is 1. The standard InChI is InChI=1S/C12H9ClN2O2S/c13-9-5-3-8(4-6-9)12(16)17-15-11(14)10-2-1-7-18-10/h1-7H,(H2,14,15). The van der Waals surface area contributed by atoms with Crippen molar-refractivity contribution in [3.05, 3.63) is 57.2 Å². The number of carbonyl (C=O) groups is 1. The van der Waals surface area contributed by atoms with Gasteiger partial charge < -0.3 is 10.6 Å². The van der Waals surface area contributed by atoms with Crippen molar-refractivity contribution in [2.45, 2.75) is 0 Å². The van der Waals surface area contributed by atoms with Crippen LogP contribution in [-0.4, -0.2) is 11.8 Å². The average Bonchev–Trinajstić information content (AvgIpc) is 2.90. The van der Waals surface area contributed by atoms with E-state index < -0.39 is 5.97 Å². The topological polar surface area (TPSA) is 64.7 Å². The Labute approximate surface area is 113 Å². The summed E-state index contributed by atoms with van der Waals surface area (Å²) in [5.41, 5.74) is 6.02. The van der Waals surface area contributed by atoms with Crippen LogP contribution in [0.3, 0.4) is 0 Å². The van der Waals surface area contributed by atoms with Crippen LogP contribution in [0.4, 0.5) is 0 Å². The van der Waals surface area contributed by atoms with E-state index in [2.05, 4.69) is 5.16 Å². The van der Waals surface area contributed by atoms with Gasteiger partial charge in [0, 0.05) is 5.02 Å². The summed E-state index contributed by atoms with van der Waals surface area (Å²) in [7, 11) is 0. The van der Waals surface area contributed by atoms with Crippen LogP contribution in [0.1, 0.15) is 15.2 Å². The molecule has 0 unspecified atom stereocenters. The Kier molecular flexibility index (Phi) is 3.96. The molecule has 92 valence electrons. The van der Waals surface area contributed by atoms with Crippen LogP contribution in [0, 0.1) is 0 Å². The van der Waals surface area contributed by atoms with Crippen molar-refractivity contribution in [1.82, 2.24) is 0 Å². The number of amidine groups is 1. The van der Waals surface area contributed by atoms with E-state index in [4.69, 9.17) is 22.2 Å². The lowest BCUT2D eigenvalue weighted by atomic mass is 10.2. The summed E-state index contributed by atoms with van der Waals surface area (Å²) < 4.78 is 0. The van der Waals surface area contributed by atoms with Crippen LogP contribution in [-0.2, 0) is 4.84 Å². The summed E-state index contributed by atoms with van der Waals surface area (Å²) in [6.45, 7) is 0. The first-order valence-corrected chi connectivity index (χ1v) is 6.27. The van der Waals surface area contributed by atoms with Crippen LogP contribution in [0.15, 0.2) is 46.9 Å². The minimum Gasteiger partial charge on any atom is -0.380 e. The molecule has 0 aliphatic rings. The molecule has 1 aromatic carbocycles. The van der Waals surface area contributed by atoms with Crippen molar-refractivity contribution in [3.8, 4) is 0 Å². The van der Waals surface area contributed by atoms with Gasteiger partial charge in [0.1, 0.15) is 0 Å². The number of hydrogen-bond donors (Lipinski definition) is 1. The molecule has 0 amide bonds. The number of hydrogen-bond acceptors (Lipinski definition) is 4. The number of thiophene rings is 1. The molecule has 2 rings (SSSR count). The second-order valence-corrected chi connectivity index (χ2v) is 4.72. The molecule has 1 aromatic heterocycles. The first kappa shape index (κ1) is 12.6. The maximum Gasteiger partial charge on any atom is 0.365 e. The maximum absolute atomic E-state index is 11.6. The van der Waals surface area contributed by atoms with Crippen LogP contribution < -0.4 is 5.73 Å². The van der Waals surface area contributed by atoms with Gasteiger partial charge in [-0.15, -0.1) is 11.3 Å². The predicted octanol–water partition coefficient (Wildman–Crippen LogP) is 2.88. The van der Waals surface area contributed by atoms with Crippen LogP contribution in [0.25, 0.3) is 0 Å². The zero-order valence-corrected chi connectivity index (χ0v) is 10.7. The Hall–Kier alpha value is -1.85. The molecule has 4 nitrogen and oxygen atoms in total. The summed E-state index contributed by atoms with van der Waals surface area (Å²) >= 11 is 7.13. The van der Waals surface area contributed by atoms with E-state index in [-0.39, 0.29) is 5.84 Å². The highest BCUT2D eigenvalue weighted by molar-refractivity contribution is 7.12. The highest BCUT2D eigenvalue weighted by Crippen LogP contribution is 2.11. The normalized spacial score (nSPS) is 11.3. The van der Waals surface area contributed by atoms with Gasteiger partial charge in [0.25, 0.3) is 0 Å². The van der Waals surface area contributed by atoms with Gasteiger partial charge in [-0.05, 0) is 35.7 Å². The summed E-state index contributed by atoms with van der Waals surface area (Å²) in [6.07, 6.45) is 0. The third kappa shape index (κ3) is 3.09. The van der Waals surface area contributed by atoms with Gasteiger partial charge in [-0.1, -0.05) is 22.8 Å². The third-order valence-electron chi connectivity index (χ3n) is 2.08. The third-order valence-corrected chi connectivity index (χ3v) is 3.22. The molecule has 0 bridgehead atoms. The summed E-state index contributed by atoms with van der Waals surface area (Å²) in [4.78, 5) is 17.1. The minimum atomic E-state index is -0.578. The molecule has 0 fully saturated rings. The van der Waals surface area contributed by atoms with E-state index in [9.17, 15) is 4.79 Å². The van der Waals surface area contributed by atoms with Gasteiger partial charge in [-0.25, -0.2) is 4.79 Å². The first-order chi connectivity index (χ1) is 8.66. The zero-order chi connectivity index (χ0) is 13.0. The van der Waals surface area contributed by atoms with E-state index in [0.29, 0.717) is 10.6 Å². The highest BCUT2D eigenvalue weighted by atomic mass is 35.5. The van der Waals surface area contributed by atoms with Gasteiger partial charge in [-0.3, -0.25) is 0 Å². The molecule has 2 N–H and O–H groups in total. The van der Waals surface area contributed by atoms with Crippen molar-refractivity contribution in [2.75, 3.05) is 0 Å². The molecular weight excluding hydrogens is 272 g/mol. The fourth-order valence-electron chi connectivity index (χ4n) is 1.20. The Morgan fingerprint density at radius 2 is 2.00 bits per heavy atom. The van der Waals surface area contributed by atoms with Gasteiger partial charge >= 0.3 is 5.97 Å². The Morgan fingerprint density at radius 1 is 1.28 bits per heavy atom. The molecule has 18 heavy (non-hydrogen) atoms. The van der Waals surface area contributed by atoms with E-state index in [1.807, 2.05) is 11.4 Å². The largest absolute Gasteiger partial charge is 0.380 e. The Balaban J connectivity index is 2.04. The van der Waals surface area contributed by atoms with Crippen LogP contribution in [0.5, 0.6) is 0 Å². The number of rotatable bonds is 3. The number of nitrogens with two attached hydrogens (primary N) is 1. The number of oxime groups is 1. The molecule has 0 radical (unpaired) electrons. The lowest BCUT2D eigenvalue weighted by Crippen LogP contribution is -2.13. The number of benzene rings is 1. The predicted molar refractivity (Wildman–Crippen MR) is 71.9 cm³/mol. The fourth-order valence-corrected chi connectivity index (χ4v) is 1.94. The van der Waals surface area contributed by atoms with E-state index in [1.54, 1.807) is 30.3 Å². The lowest BCUT2D eigenvalue weighted by molar-refractivity contribution is 0.0516. The second kappa shape index (κ2) is 5.66. The molecule has 6 heteroatoms. The quantitative estimate of drug-likeness (QED) is 0.407. The second-order valence-electron chi connectivity index (χ2n) is 3.34. The Bertz CT molecular complexity index is 564. The van der Waals surface area contributed by atoms with E-state index >= 15 is 0 Å². The number of nitrogens with zero attached hydrogens (tertiary/aromatic N) is 1. The molecule has 0 spiro atoms. The summed E-state index contributed by atoms with van der Waals surface area (Å²) in [5, 5.41) is 6.00. The van der Waals surface area contributed by atoms with Crippen molar-refractivity contribution in [3.63, 3.8) is 0 Å². The lowest BCUT2D eigenvalue weighted by Gasteiger charge is -1.99. The molecule has 1 heterocycles. The minimum absolute atomic E-state index is 0.173. The number of halogens is 1. The molecule has 2 aromatic rings. The van der Waals surface area contributed by atoms with Gasteiger partial charge in [0.2, 0.25) is 0 Å². The summed E-state index contributed by atoms with van der Waals surface area (Å²) in [5.74, 6) is -0.404. The molecule has 0 aliphatic heterocycles. The van der Waals surface area contributed by atoms with Gasteiger partial charge in [0.15, 0.2) is 5.84 Å². The van der Waals surface area contributed by atoms with Gasteiger partial charge in [0.05, 0.1) is 10.4 Å². The van der Waals surface area contributed by atoms with Gasteiger partial charge in [-0.2, -0.15) is 0 Å². The molecule has 0 saturated carbocycles. The SMILES string of the molecule is N/C(=N\OC(=O)c1ccc(Cl)cc1)c1cccs1. The van der Waals surface area contributed by atoms with E-state index in [0.717, 1.165) is 4.88 Å². The van der Waals surface area contributed by atoms with Crippen LogP contribution >= 0.6 is 22.9 Å². The fraction of sp³-hybridized carbons (Fsp3) is 0. The van der Waals surface area contributed by atoms with Crippen molar-refractivity contribution in [2.24, 2.45) is 10.9 Å². The highest BCUT2D eigenvalue weighted by Gasteiger charge is 2.07. The molecule has 0 saturated heterocycles. The molecule has 0 atom stereocenters. The monoisotopic (exact) mass is 280 g/mol. The average molecular weight is 281 g/mol. The van der Waals surface area contributed by atoms with Crippen molar-refractivity contribution < 1.29 is 9.63 Å². The van der Waals surface area contributed by atoms with Crippen molar-refractivity contribution in [1.29, 1.82) is 0 Å². The molecule has 0 aliphatic carbocycles. The zero-order valence-electron chi connectivity index (χ0n) is 9.17.